The van der Waals surface area contributed by atoms with Gasteiger partial charge in [0.2, 0.25) is 5.56 Å². The first-order valence-corrected chi connectivity index (χ1v) is 11.4. The number of amides is 1. The highest BCUT2D eigenvalue weighted by molar-refractivity contribution is 6.05. The number of pyridine rings is 1. The van der Waals surface area contributed by atoms with Crippen molar-refractivity contribution in [3.8, 4) is 5.75 Å². The molecule has 1 amide bonds. The van der Waals surface area contributed by atoms with Gasteiger partial charge in [0.1, 0.15) is 5.75 Å². The molecule has 8 nitrogen and oxygen atoms in total. The third kappa shape index (κ3) is 4.61. The van der Waals surface area contributed by atoms with E-state index in [1.165, 1.54) is 11.1 Å². The number of aromatic nitrogens is 1. The number of carbonyl (C=O) groups excluding carboxylic acids is 2. The van der Waals surface area contributed by atoms with E-state index in [9.17, 15) is 14.4 Å². The maximum absolute atomic E-state index is 13.2. The number of methoxy groups -OCH3 is 1. The molecule has 36 heavy (non-hydrogen) atoms. The number of rotatable bonds is 6. The molecule has 8 heteroatoms. The molecular formula is C28H23N3O5. The summed E-state index contributed by atoms with van der Waals surface area (Å²) >= 11 is 0. The molecule has 1 N–H and O–H groups in total. The first-order valence-electron chi connectivity index (χ1n) is 11.4. The number of nitrogens with one attached hydrogen (secondary N) is 1. The fraction of sp³-hybridized carbons (Fsp3) is 0.143. The van der Waals surface area contributed by atoms with Crippen LogP contribution in [0.2, 0.25) is 0 Å². The van der Waals surface area contributed by atoms with Crippen LogP contribution in [0.15, 0.2) is 94.8 Å². The summed E-state index contributed by atoms with van der Waals surface area (Å²) in [5.74, 6) is -0.514. The van der Waals surface area contributed by atoms with E-state index in [2.05, 4.69) is 10.1 Å². The Morgan fingerprint density at radius 1 is 1.00 bits per heavy atom. The third-order valence-electron chi connectivity index (χ3n) is 6.07. The second-order valence-corrected chi connectivity index (χ2v) is 8.31. The van der Waals surface area contributed by atoms with Crippen molar-refractivity contribution in [3.63, 3.8) is 0 Å². The monoisotopic (exact) mass is 481 g/mol. The highest BCUT2D eigenvalue weighted by Gasteiger charge is 2.33. The number of ether oxygens (including phenoxy) is 2. The molecule has 4 aromatic rings. The van der Waals surface area contributed by atoms with Crippen LogP contribution in [0.25, 0.3) is 10.9 Å². The van der Waals surface area contributed by atoms with Gasteiger partial charge in [-0.2, -0.15) is 5.10 Å². The smallest absolute Gasteiger partial charge is 0.339 e. The van der Waals surface area contributed by atoms with Gasteiger partial charge < -0.3 is 14.5 Å². The first-order chi connectivity index (χ1) is 17.5. The average molecular weight is 482 g/mol. The minimum Gasteiger partial charge on any atom is -0.497 e. The van der Waals surface area contributed by atoms with Gasteiger partial charge in [-0.1, -0.05) is 60.7 Å². The summed E-state index contributed by atoms with van der Waals surface area (Å²) in [6.07, 6.45) is 0.509. The predicted octanol–water partition coefficient (Wildman–Crippen LogP) is 4.07. The minimum absolute atomic E-state index is 0.101. The Bertz CT molecular complexity index is 1510. The zero-order valence-electron chi connectivity index (χ0n) is 19.5. The fourth-order valence-corrected chi connectivity index (χ4v) is 4.28. The summed E-state index contributed by atoms with van der Waals surface area (Å²) in [7, 11) is 1.59. The molecule has 180 valence electrons. The van der Waals surface area contributed by atoms with E-state index in [1.54, 1.807) is 31.4 Å². The van der Waals surface area contributed by atoms with Crippen molar-refractivity contribution < 1.29 is 19.1 Å². The van der Waals surface area contributed by atoms with E-state index in [0.717, 1.165) is 16.8 Å². The number of fused-ring (bicyclic) bond motifs is 1. The maximum atomic E-state index is 13.2. The van der Waals surface area contributed by atoms with E-state index in [0.29, 0.717) is 23.1 Å². The third-order valence-corrected chi connectivity index (χ3v) is 6.07. The Balaban J connectivity index is 1.39. The zero-order chi connectivity index (χ0) is 25.1. The van der Waals surface area contributed by atoms with Crippen LogP contribution in [0.5, 0.6) is 5.75 Å². The number of para-hydroxylation sites is 1. The van der Waals surface area contributed by atoms with Crippen molar-refractivity contribution in [2.75, 3.05) is 13.7 Å². The van der Waals surface area contributed by atoms with Crippen LogP contribution in [-0.4, -0.2) is 41.3 Å². The van der Waals surface area contributed by atoms with Crippen molar-refractivity contribution in [2.24, 2.45) is 5.10 Å². The fourth-order valence-electron chi connectivity index (χ4n) is 4.28. The van der Waals surface area contributed by atoms with Gasteiger partial charge in [-0.05, 0) is 29.3 Å². The van der Waals surface area contributed by atoms with Crippen molar-refractivity contribution in [2.45, 2.75) is 12.5 Å². The van der Waals surface area contributed by atoms with Crippen molar-refractivity contribution in [1.82, 2.24) is 9.99 Å². The van der Waals surface area contributed by atoms with Gasteiger partial charge in [0.25, 0.3) is 5.91 Å². The average Bonchev–Trinajstić information content (AvgIpc) is 3.37. The summed E-state index contributed by atoms with van der Waals surface area (Å²) < 4.78 is 10.6. The molecule has 3 aromatic carbocycles. The lowest BCUT2D eigenvalue weighted by atomic mass is 9.98. The number of hydrogen-bond donors (Lipinski definition) is 1. The molecule has 0 aliphatic carbocycles. The molecule has 1 aliphatic rings. The van der Waals surface area contributed by atoms with Gasteiger partial charge in [-0.3, -0.25) is 9.59 Å². The molecule has 0 radical (unpaired) electrons. The van der Waals surface area contributed by atoms with Crippen LogP contribution in [-0.2, 0) is 9.53 Å². The van der Waals surface area contributed by atoms with Crippen LogP contribution in [0.3, 0.4) is 0 Å². The standard InChI is InChI=1S/C28H23N3O5/c1-35-20-13-11-19(12-14-20)25-16-24(18-7-3-2-4-8-18)30-31(25)27(33)17-36-28(34)22-15-26(32)29-23-10-6-5-9-21(22)23/h2-15,25H,16-17H2,1H3,(H,29,32). The second kappa shape index (κ2) is 9.87. The lowest BCUT2D eigenvalue weighted by molar-refractivity contribution is -0.136. The molecule has 0 bridgehead atoms. The quantitative estimate of drug-likeness (QED) is 0.419. The first kappa shape index (κ1) is 23.0. The molecule has 1 atom stereocenters. The summed E-state index contributed by atoms with van der Waals surface area (Å²) in [4.78, 5) is 40.8. The van der Waals surface area contributed by atoms with Gasteiger partial charge in [-0.25, -0.2) is 9.80 Å². The molecule has 1 aliphatic heterocycles. The Labute approximate surface area is 206 Å². The Hall–Kier alpha value is -4.72. The summed E-state index contributed by atoms with van der Waals surface area (Å²) in [6.45, 7) is -0.516. The van der Waals surface area contributed by atoms with Gasteiger partial charge in [0, 0.05) is 23.4 Å². The molecule has 1 unspecified atom stereocenters. The van der Waals surface area contributed by atoms with Crippen LogP contribution in [0.1, 0.15) is 33.9 Å². The maximum Gasteiger partial charge on any atom is 0.339 e. The molecule has 0 fully saturated rings. The Kier molecular flexibility index (Phi) is 6.32. The van der Waals surface area contributed by atoms with Crippen LogP contribution in [0, 0.1) is 0 Å². The van der Waals surface area contributed by atoms with Gasteiger partial charge in [-0.15, -0.1) is 0 Å². The van der Waals surface area contributed by atoms with Gasteiger partial charge >= 0.3 is 5.97 Å². The van der Waals surface area contributed by atoms with Crippen molar-refractivity contribution in [1.29, 1.82) is 0 Å². The molecule has 0 spiro atoms. The topological polar surface area (TPSA) is 101 Å². The number of hydrazone groups is 1. The largest absolute Gasteiger partial charge is 0.497 e. The van der Waals surface area contributed by atoms with Crippen LogP contribution >= 0.6 is 0 Å². The van der Waals surface area contributed by atoms with E-state index >= 15 is 0 Å². The zero-order valence-corrected chi connectivity index (χ0v) is 19.5. The molecule has 2 heterocycles. The predicted molar refractivity (Wildman–Crippen MR) is 135 cm³/mol. The minimum atomic E-state index is -0.752. The van der Waals surface area contributed by atoms with E-state index in [4.69, 9.17) is 9.47 Å². The summed E-state index contributed by atoms with van der Waals surface area (Å²) in [6, 6.07) is 24.8. The molecule has 0 saturated carbocycles. The molecule has 5 rings (SSSR count). The number of nitrogens with zero attached hydrogens (tertiary/aromatic N) is 2. The lowest BCUT2D eigenvalue weighted by Gasteiger charge is -2.22. The number of H-pyrrole nitrogens is 1. The van der Waals surface area contributed by atoms with Crippen molar-refractivity contribution in [3.05, 3.63) is 112 Å². The molecular weight excluding hydrogens is 458 g/mol. The SMILES string of the molecule is COc1ccc(C2CC(c3ccccc3)=NN2C(=O)COC(=O)c2cc(=O)[nH]c3ccccc23)cc1. The Morgan fingerprint density at radius 3 is 2.47 bits per heavy atom. The number of esters is 1. The normalized spacial score (nSPS) is 15.0. The summed E-state index contributed by atoms with van der Waals surface area (Å²) in [5.41, 5.74) is 2.74. The van der Waals surface area contributed by atoms with Crippen molar-refractivity contribution >= 4 is 28.5 Å². The Morgan fingerprint density at radius 2 is 1.72 bits per heavy atom. The number of benzene rings is 3. The number of aromatic amines is 1. The summed E-state index contributed by atoms with van der Waals surface area (Å²) in [5, 5.41) is 6.50. The van der Waals surface area contributed by atoms with Crippen LogP contribution in [0.4, 0.5) is 0 Å². The highest BCUT2D eigenvalue weighted by atomic mass is 16.5. The van der Waals surface area contributed by atoms with Crippen LogP contribution < -0.4 is 10.3 Å². The van der Waals surface area contributed by atoms with E-state index in [-0.39, 0.29) is 11.6 Å². The molecule has 1 aromatic heterocycles. The highest BCUT2D eigenvalue weighted by Crippen LogP contribution is 2.33. The second-order valence-electron chi connectivity index (χ2n) is 8.31. The van der Waals surface area contributed by atoms with Gasteiger partial charge in [0.05, 0.1) is 24.4 Å². The number of hydrogen-bond acceptors (Lipinski definition) is 6. The number of carbonyl (C=O) groups is 2. The van der Waals surface area contributed by atoms with E-state index in [1.807, 2.05) is 54.6 Å². The van der Waals surface area contributed by atoms with E-state index < -0.39 is 24.0 Å². The van der Waals surface area contributed by atoms with Gasteiger partial charge in [0.15, 0.2) is 6.61 Å². The molecule has 0 saturated heterocycles. The lowest BCUT2D eigenvalue weighted by Crippen LogP contribution is -2.31.